The number of aromatic nitrogens is 1. The number of hydrogen-bond acceptors (Lipinski definition) is 3. The lowest BCUT2D eigenvalue weighted by molar-refractivity contribution is 0.465. The Morgan fingerprint density at radius 3 is 2.16 bits per heavy atom. The molecule has 19 heavy (non-hydrogen) atoms. The zero-order valence-corrected chi connectivity index (χ0v) is 11.6. The molecule has 0 aliphatic heterocycles. The van der Waals surface area contributed by atoms with E-state index in [2.05, 4.69) is 4.98 Å². The highest BCUT2D eigenvalue weighted by atomic mass is 16.3. The molecule has 2 rings (SSSR count). The number of pyridine rings is 1. The Kier molecular flexibility index (Phi) is 3.34. The molecule has 1 aromatic carbocycles. The topological polar surface area (TPSA) is 56.3 Å². The first-order valence-corrected chi connectivity index (χ1v) is 6.12. The summed E-state index contributed by atoms with van der Waals surface area (Å²) in [6, 6.07) is 7.82. The molecule has 0 amide bonds. The van der Waals surface area contributed by atoms with Crippen LogP contribution >= 0.6 is 0 Å². The fourth-order valence-corrected chi connectivity index (χ4v) is 2.02. The number of benzene rings is 1. The van der Waals surface area contributed by atoms with Crippen molar-refractivity contribution >= 4 is 5.69 Å². The number of aromatic hydroxyl groups is 1. The molecule has 0 bridgehead atoms. The summed E-state index contributed by atoms with van der Waals surface area (Å²) in [6.45, 7) is 3.41. The van der Waals surface area contributed by atoms with Crippen LogP contribution < -0.4 is 10.5 Å². The van der Waals surface area contributed by atoms with E-state index in [1.807, 2.05) is 43.3 Å². The van der Waals surface area contributed by atoms with Gasteiger partial charge in [-0.3, -0.25) is 4.79 Å². The number of aromatic amines is 1. The van der Waals surface area contributed by atoms with Gasteiger partial charge in [0.1, 0.15) is 5.75 Å². The molecule has 0 atom stereocenters. The largest absolute Gasteiger partial charge is 0.507 e. The van der Waals surface area contributed by atoms with Gasteiger partial charge in [-0.05, 0) is 31.5 Å². The molecular weight excluding hydrogens is 240 g/mol. The number of hydrogen-bond donors (Lipinski definition) is 2. The normalized spacial score (nSPS) is 10.5. The summed E-state index contributed by atoms with van der Waals surface area (Å²) in [6.07, 6.45) is 0. The SMILES string of the molecule is Cc1c(-c2ccc(N(C)C)cc2)[nH]c(=O)c(C)c1O. The van der Waals surface area contributed by atoms with Crippen LogP contribution in [-0.4, -0.2) is 24.2 Å². The summed E-state index contributed by atoms with van der Waals surface area (Å²) in [5.74, 6) is 0.0652. The number of nitrogens with one attached hydrogen (secondary N) is 1. The Morgan fingerprint density at radius 2 is 1.63 bits per heavy atom. The average molecular weight is 258 g/mol. The predicted octanol–water partition coefficient (Wildman–Crippen LogP) is 2.43. The smallest absolute Gasteiger partial charge is 0.255 e. The van der Waals surface area contributed by atoms with Gasteiger partial charge in [-0.25, -0.2) is 0 Å². The van der Waals surface area contributed by atoms with Crippen LogP contribution in [0.5, 0.6) is 5.75 Å². The van der Waals surface area contributed by atoms with Gasteiger partial charge in [0.15, 0.2) is 0 Å². The summed E-state index contributed by atoms with van der Waals surface area (Å²) in [4.78, 5) is 16.6. The van der Waals surface area contributed by atoms with E-state index >= 15 is 0 Å². The highest BCUT2D eigenvalue weighted by molar-refractivity contribution is 5.68. The van der Waals surface area contributed by atoms with Crippen molar-refractivity contribution in [2.75, 3.05) is 19.0 Å². The number of H-pyrrole nitrogens is 1. The van der Waals surface area contributed by atoms with Crippen LogP contribution in [-0.2, 0) is 0 Å². The molecule has 4 heteroatoms. The van der Waals surface area contributed by atoms with Gasteiger partial charge in [-0.15, -0.1) is 0 Å². The summed E-state index contributed by atoms with van der Waals surface area (Å²) >= 11 is 0. The van der Waals surface area contributed by atoms with Crippen molar-refractivity contribution in [1.29, 1.82) is 0 Å². The van der Waals surface area contributed by atoms with Gasteiger partial charge in [-0.2, -0.15) is 0 Å². The van der Waals surface area contributed by atoms with E-state index in [9.17, 15) is 9.90 Å². The third-order valence-electron chi connectivity index (χ3n) is 3.34. The van der Waals surface area contributed by atoms with Gasteiger partial charge >= 0.3 is 0 Å². The monoisotopic (exact) mass is 258 g/mol. The quantitative estimate of drug-likeness (QED) is 0.869. The average Bonchev–Trinajstić information content (AvgIpc) is 2.40. The Labute approximate surface area is 112 Å². The minimum absolute atomic E-state index is 0.0652. The van der Waals surface area contributed by atoms with E-state index in [1.54, 1.807) is 13.8 Å². The Balaban J connectivity index is 2.56. The van der Waals surface area contributed by atoms with Gasteiger partial charge in [-0.1, -0.05) is 12.1 Å². The fraction of sp³-hybridized carbons (Fsp3) is 0.267. The maximum Gasteiger partial charge on any atom is 0.255 e. The molecule has 0 spiro atoms. The molecule has 0 fully saturated rings. The summed E-state index contributed by atoms with van der Waals surface area (Å²) in [5.41, 5.74) is 3.42. The second-order valence-electron chi connectivity index (χ2n) is 4.87. The molecule has 0 saturated carbocycles. The lowest BCUT2D eigenvalue weighted by Gasteiger charge is -2.14. The lowest BCUT2D eigenvalue weighted by Crippen LogP contribution is -2.12. The molecule has 2 N–H and O–H groups in total. The lowest BCUT2D eigenvalue weighted by atomic mass is 10.0. The van der Waals surface area contributed by atoms with Crippen molar-refractivity contribution in [2.24, 2.45) is 0 Å². The van der Waals surface area contributed by atoms with E-state index in [-0.39, 0.29) is 11.3 Å². The minimum atomic E-state index is -0.255. The Hall–Kier alpha value is -2.23. The highest BCUT2D eigenvalue weighted by Gasteiger charge is 2.12. The first-order valence-electron chi connectivity index (χ1n) is 6.12. The van der Waals surface area contributed by atoms with Gasteiger partial charge in [0.2, 0.25) is 0 Å². The van der Waals surface area contributed by atoms with Crippen LogP contribution in [0.4, 0.5) is 5.69 Å². The summed E-state index contributed by atoms with van der Waals surface area (Å²) in [5, 5.41) is 9.94. The van der Waals surface area contributed by atoms with Crippen LogP contribution in [0.1, 0.15) is 11.1 Å². The van der Waals surface area contributed by atoms with Crippen molar-refractivity contribution in [3.8, 4) is 17.0 Å². The fourth-order valence-electron chi connectivity index (χ4n) is 2.02. The Morgan fingerprint density at radius 1 is 1.05 bits per heavy atom. The van der Waals surface area contributed by atoms with Crippen LogP contribution in [0.25, 0.3) is 11.3 Å². The van der Waals surface area contributed by atoms with Crippen molar-refractivity contribution in [2.45, 2.75) is 13.8 Å². The maximum absolute atomic E-state index is 11.7. The second kappa shape index (κ2) is 4.80. The van der Waals surface area contributed by atoms with Gasteiger partial charge in [0.25, 0.3) is 5.56 Å². The van der Waals surface area contributed by atoms with Crippen LogP contribution in [0.15, 0.2) is 29.1 Å². The summed E-state index contributed by atoms with van der Waals surface area (Å²) < 4.78 is 0. The van der Waals surface area contributed by atoms with Crippen LogP contribution in [0, 0.1) is 13.8 Å². The van der Waals surface area contributed by atoms with Crippen LogP contribution in [0.2, 0.25) is 0 Å². The molecule has 4 nitrogen and oxygen atoms in total. The molecule has 2 aromatic rings. The molecule has 0 aliphatic carbocycles. The Bertz CT molecular complexity index is 655. The van der Waals surface area contributed by atoms with E-state index in [0.717, 1.165) is 11.3 Å². The third-order valence-corrected chi connectivity index (χ3v) is 3.34. The minimum Gasteiger partial charge on any atom is -0.507 e. The van der Waals surface area contributed by atoms with E-state index in [0.29, 0.717) is 16.8 Å². The van der Waals surface area contributed by atoms with E-state index in [1.165, 1.54) is 0 Å². The van der Waals surface area contributed by atoms with Gasteiger partial charge in [0, 0.05) is 25.3 Å². The standard InChI is InChI=1S/C15H18N2O2/c1-9-13(16-15(19)10(2)14(9)18)11-5-7-12(8-6-11)17(3)4/h5-8H,1-4H3,(H2,16,18,19). The molecular formula is C15H18N2O2. The summed E-state index contributed by atoms with van der Waals surface area (Å²) in [7, 11) is 3.94. The second-order valence-corrected chi connectivity index (χ2v) is 4.87. The van der Waals surface area contributed by atoms with Crippen molar-refractivity contribution in [3.63, 3.8) is 0 Å². The number of rotatable bonds is 2. The first kappa shape index (κ1) is 13.2. The predicted molar refractivity (Wildman–Crippen MR) is 78.0 cm³/mol. The van der Waals surface area contributed by atoms with E-state index < -0.39 is 0 Å². The van der Waals surface area contributed by atoms with E-state index in [4.69, 9.17) is 0 Å². The zero-order valence-electron chi connectivity index (χ0n) is 11.6. The molecule has 0 saturated heterocycles. The molecule has 0 unspecified atom stereocenters. The third kappa shape index (κ3) is 2.34. The number of anilines is 1. The van der Waals surface area contributed by atoms with Crippen molar-refractivity contribution in [3.05, 3.63) is 45.7 Å². The van der Waals surface area contributed by atoms with Crippen LogP contribution in [0.3, 0.4) is 0 Å². The molecule has 1 aromatic heterocycles. The zero-order chi connectivity index (χ0) is 14.2. The maximum atomic E-state index is 11.7. The van der Waals surface area contributed by atoms with Crippen molar-refractivity contribution < 1.29 is 5.11 Å². The first-order chi connectivity index (χ1) is 8.91. The van der Waals surface area contributed by atoms with Crippen molar-refractivity contribution in [1.82, 2.24) is 4.98 Å². The molecule has 0 radical (unpaired) electrons. The highest BCUT2D eigenvalue weighted by Crippen LogP contribution is 2.28. The molecule has 0 aliphatic rings. The van der Waals surface area contributed by atoms with Gasteiger partial charge in [0.05, 0.1) is 11.3 Å². The molecule has 1 heterocycles. The van der Waals surface area contributed by atoms with Gasteiger partial charge < -0.3 is 15.0 Å². The molecule has 100 valence electrons. The number of nitrogens with zero attached hydrogens (tertiary/aromatic N) is 1.